The quantitative estimate of drug-likeness (QED) is 0.758. The molecule has 0 spiro atoms. The summed E-state index contributed by atoms with van der Waals surface area (Å²) < 4.78 is 31.8. The summed E-state index contributed by atoms with van der Waals surface area (Å²) in [4.78, 5) is 4.19. The first kappa shape index (κ1) is 15.3. The molecular formula is C16H13ClF2N4O. The van der Waals surface area contributed by atoms with Gasteiger partial charge in [-0.15, -0.1) is 0 Å². The third kappa shape index (κ3) is 2.49. The fraction of sp³-hybridized carbons (Fsp3) is 0.312. The van der Waals surface area contributed by atoms with Gasteiger partial charge in [0, 0.05) is 23.8 Å². The number of hydrogen-bond acceptors (Lipinski definition) is 4. The SMILES string of the molecule is CC1(Cc2noc(-c3cc(-c4ccccc4Cl)n[nH]3)n2)CC1(F)F. The van der Waals surface area contributed by atoms with Gasteiger partial charge in [0.25, 0.3) is 11.8 Å². The molecule has 0 amide bonds. The number of nitrogens with one attached hydrogen (secondary N) is 1. The van der Waals surface area contributed by atoms with E-state index in [1.54, 1.807) is 12.1 Å². The lowest BCUT2D eigenvalue weighted by Crippen LogP contribution is -2.10. The Morgan fingerprint density at radius 1 is 1.33 bits per heavy atom. The van der Waals surface area contributed by atoms with Gasteiger partial charge in [-0.2, -0.15) is 10.1 Å². The molecule has 1 unspecified atom stereocenters. The van der Waals surface area contributed by atoms with E-state index < -0.39 is 11.3 Å². The molecule has 0 aliphatic heterocycles. The molecule has 3 aromatic rings. The lowest BCUT2D eigenvalue weighted by Gasteiger charge is -2.04. The molecule has 2 aromatic heterocycles. The lowest BCUT2D eigenvalue weighted by atomic mass is 10.0. The zero-order valence-electron chi connectivity index (χ0n) is 12.7. The largest absolute Gasteiger partial charge is 0.332 e. The molecule has 1 N–H and O–H groups in total. The first-order valence-electron chi connectivity index (χ1n) is 7.39. The van der Waals surface area contributed by atoms with Crippen LogP contribution in [0.5, 0.6) is 0 Å². The average Bonchev–Trinajstić information content (AvgIpc) is 2.99. The number of aromatic amines is 1. The zero-order chi connectivity index (χ0) is 16.9. The van der Waals surface area contributed by atoms with Gasteiger partial charge in [0.1, 0.15) is 5.69 Å². The van der Waals surface area contributed by atoms with E-state index in [1.807, 2.05) is 18.2 Å². The second-order valence-corrected chi connectivity index (χ2v) is 6.69. The Morgan fingerprint density at radius 3 is 2.79 bits per heavy atom. The number of halogens is 3. The Hall–Kier alpha value is -2.28. The molecule has 1 saturated carbocycles. The van der Waals surface area contributed by atoms with Gasteiger partial charge < -0.3 is 4.52 Å². The van der Waals surface area contributed by atoms with Crippen LogP contribution in [0.1, 0.15) is 19.2 Å². The second kappa shape index (κ2) is 5.11. The van der Waals surface area contributed by atoms with Gasteiger partial charge in [-0.25, -0.2) is 8.78 Å². The van der Waals surface area contributed by atoms with Crippen LogP contribution < -0.4 is 0 Å². The van der Waals surface area contributed by atoms with E-state index in [1.165, 1.54) is 6.92 Å². The highest BCUT2D eigenvalue weighted by Crippen LogP contribution is 2.61. The normalized spacial score (nSPS) is 21.8. The van der Waals surface area contributed by atoms with Crippen molar-refractivity contribution < 1.29 is 13.3 Å². The fourth-order valence-corrected chi connectivity index (χ4v) is 2.89. The van der Waals surface area contributed by atoms with E-state index in [4.69, 9.17) is 16.1 Å². The summed E-state index contributed by atoms with van der Waals surface area (Å²) in [5.74, 6) is -2.18. The molecule has 4 rings (SSSR count). The number of aromatic nitrogens is 4. The third-order valence-corrected chi connectivity index (χ3v) is 4.67. The van der Waals surface area contributed by atoms with Crippen LogP contribution in [0, 0.1) is 5.41 Å². The highest BCUT2D eigenvalue weighted by molar-refractivity contribution is 6.33. The Bertz CT molecular complexity index is 907. The minimum Gasteiger partial charge on any atom is -0.332 e. The molecule has 0 saturated heterocycles. The van der Waals surface area contributed by atoms with Gasteiger partial charge in [-0.1, -0.05) is 41.9 Å². The van der Waals surface area contributed by atoms with E-state index >= 15 is 0 Å². The van der Waals surface area contributed by atoms with Crippen LogP contribution in [-0.2, 0) is 6.42 Å². The number of nitrogens with zero attached hydrogens (tertiary/aromatic N) is 3. The van der Waals surface area contributed by atoms with Crippen molar-refractivity contribution in [1.82, 2.24) is 20.3 Å². The summed E-state index contributed by atoms with van der Waals surface area (Å²) >= 11 is 6.15. The number of alkyl halides is 2. The number of hydrogen-bond donors (Lipinski definition) is 1. The van der Waals surface area contributed by atoms with Crippen LogP contribution in [0.3, 0.4) is 0 Å². The second-order valence-electron chi connectivity index (χ2n) is 6.28. The molecular weight excluding hydrogens is 338 g/mol. The summed E-state index contributed by atoms with van der Waals surface area (Å²) in [6.45, 7) is 1.52. The molecule has 24 heavy (non-hydrogen) atoms. The zero-order valence-corrected chi connectivity index (χ0v) is 13.4. The summed E-state index contributed by atoms with van der Waals surface area (Å²) in [5, 5.41) is 11.4. The van der Waals surface area contributed by atoms with Gasteiger partial charge in [0.2, 0.25) is 0 Å². The molecule has 2 heterocycles. The standard InChI is InChI=1S/C16H13ClF2N4O/c1-15(8-16(15,18)19)7-13-20-14(24-23-13)12-6-11(21-22-12)9-4-2-3-5-10(9)17/h2-6H,7-8H2,1H3,(H,21,22). The van der Waals surface area contributed by atoms with Gasteiger partial charge in [-0.05, 0) is 12.1 Å². The molecule has 1 fully saturated rings. The summed E-state index contributed by atoms with van der Waals surface area (Å²) in [5.41, 5.74) is 0.837. The Morgan fingerprint density at radius 2 is 2.08 bits per heavy atom. The monoisotopic (exact) mass is 350 g/mol. The van der Waals surface area contributed by atoms with E-state index in [0.29, 0.717) is 16.4 Å². The first-order chi connectivity index (χ1) is 11.4. The molecule has 0 bridgehead atoms. The predicted octanol–water partition coefficient (Wildman–Crippen LogP) is 4.37. The van der Waals surface area contributed by atoms with Gasteiger partial charge in [0.15, 0.2) is 5.82 Å². The van der Waals surface area contributed by atoms with Crippen LogP contribution in [-0.4, -0.2) is 26.3 Å². The summed E-state index contributed by atoms with van der Waals surface area (Å²) in [6, 6.07) is 9.03. The van der Waals surface area contributed by atoms with Crippen molar-refractivity contribution in [3.8, 4) is 22.8 Å². The molecule has 1 atom stereocenters. The van der Waals surface area contributed by atoms with Crippen LogP contribution in [0.2, 0.25) is 5.02 Å². The average molecular weight is 351 g/mol. The van der Waals surface area contributed by atoms with Crippen LogP contribution >= 0.6 is 11.6 Å². The third-order valence-electron chi connectivity index (χ3n) is 4.34. The minimum atomic E-state index is -2.65. The van der Waals surface area contributed by atoms with Crippen molar-refractivity contribution in [3.63, 3.8) is 0 Å². The van der Waals surface area contributed by atoms with Crippen molar-refractivity contribution >= 4 is 11.6 Å². The van der Waals surface area contributed by atoms with Crippen LogP contribution in [0.4, 0.5) is 8.78 Å². The van der Waals surface area contributed by atoms with E-state index in [-0.39, 0.29) is 24.6 Å². The fourth-order valence-electron chi connectivity index (χ4n) is 2.66. The maximum atomic E-state index is 13.3. The molecule has 1 aromatic carbocycles. The maximum absolute atomic E-state index is 13.3. The smallest absolute Gasteiger partial charge is 0.275 e. The number of H-pyrrole nitrogens is 1. The topological polar surface area (TPSA) is 67.6 Å². The highest BCUT2D eigenvalue weighted by Gasteiger charge is 2.67. The summed E-state index contributed by atoms with van der Waals surface area (Å²) in [6.07, 6.45) is -0.0698. The highest BCUT2D eigenvalue weighted by atomic mass is 35.5. The summed E-state index contributed by atoms with van der Waals surface area (Å²) in [7, 11) is 0. The van der Waals surface area contributed by atoms with Crippen molar-refractivity contribution in [1.29, 1.82) is 0 Å². The molecule has 1 aliphatic rings. The lowest BCUT2D eigenvalue weighted by molar-refractivity contribution is 0.0692. The van der Waals surface area contributed by atoms with Gasteiger partial charge in [0.05, 0.1) is 10.7 Å². The van der Waals surface area contributed by atoms with Gasteiger partial charge >= 0.3 is 0 Å². The Labute approximate surface area is 141 Å². The van der Waals surface area contributed by atoms with Crippen LogP contribution in [0.15, 0.2) is 34.9 Å². The molecule has 1 aliphatic carbocycles. The van der Waals surface area contributed by atoms with Crippen molar-refractivity contribution in [2.24, 2.45) is 5.41 Å². The van der Waals surface area contributed by atoms with Crippen molar-refractivity contribution in [2.75, 3.05) is 0 Å². The Balaban J connectivity index is 1.57. The van der Waals surface area contributed by atoms with Crippen LogP contribution in [0.25, 0.3) is 22.8 Å². The van der Waals surface area contributed by atoms with E-state index in [9.17, 15) is 8.78 Å². The number of benzene rings is 1. The molecule has 0 radical (unpaired) electrons. The van der Waals surface area contributed by atoms with E-state index in [2.05, 4.69) is 20.3 Å². The van der Waals surface area contributed by atoms with Crippen molar-refractivity contribution in [3.05, 3.63) is 41.2 Å². The van der Waals surface area contributed by atoms with Crippen molar-refractivity contribution in [2.45, 2.75) is 25.7 Å². The van der Waals surface area contributed by atoms with E-state index in [0.717, 1.165) is 5.56 Å². The maximum Gasteiger partial charge on any atom is 0.275 e. The van der Waals surface area contributed by atoms with Gasteiger partial charge in [-0.3, -0.25) is 5.10 Å². The predicted molar refractivity (Wildman–Crippen MR) is 83.7 cm³/mol. The first-order valence-corrected chi connectivity index (χ1v) is 7.77. The Kier molecular flexibility index (Phi) is 3.25. The number of rotatable bonds is 4. The molecule has 5 nitrogen and oxygen atoms in total. The molecule has 124 valence electrons. The minimum absolute atomic E-state index is 0.0784. The molecule has 8 heteroatoms.